The molecule has 2 aromatic rings. The van der Waals surface area contributed by atoms with Crippen molar-refractivity contribution in [3.05, 3.63) is 63.6 Å². The van der Waals surface area contributed by atoms with Crippen molar-refractivity contribution < 1.29 is 17.9 Å². The number of sulfone groups is 1. The Labute approximate surface area is 181 Å². The van der Waals surface area contributed by atoms with Crippen LogP contribution in [0.2, 0.25) is 10.0 Å². The number of nitrogens with zero attached hydrogens (tertiary/aromatic N) is 1. The zero-order valence-electron chi connectivity index (χ0n) is 16.1. The Kier molecular flexibility index (Phi) is 7.09. The van der Waals surface area contributed by atoms with Gasteiger partial charge in [-0.3, -0.25) is 4.79 Å². The lowest BCUT2D eigenvalue weighted by Crippen LogP contribution is -2.40. The lowest BCUT2D eigenvalue weighted by atomic mass is 10.1. The van der Waals surface area contributed by atoms with E-state index in [9.17, 15) is 13.2 Å². The van der Waals surface area contributed by atoms with E-state index >= 15 is 0 Å². The van der Waals surface area contributed by atoms with Crippen LogP contribution in [0.1, 0.15) is 35.7 Å². The van der Waals surface area contributed by atoms with E-state index in [1.807, 2.05) is 6.92 Å². The second-order valence-corrected chi connectivity index (χ2v) is 10.2. The summed E-state index contributed by atoms with van der Waals surface area (Å²) in [5.41, 5.74) is 1.19. The van der Waals surface area contributed by atoms with E-state index in [1.54, 1.807) is 47.4 Å². The number of rotatable bonds is 7. The third-order valence-corrected chi connectivity index (χ3v) is 7.18. The Morgan fingerprint density at radius 2 is 1.90 bits per heavy atom. The first-order valence-corrected chi connectivity index (χ1v) is 12.0. The quantitative estimate of drug-likeness (QED) is 0.611. The Morgan fingerprint density at radius 3 is 2.48 bits per heavy atom. The van der Waals surface area contributed by atoms with Gasteiger partial charge in [-0.25, -0.2) is 8.42 Å². The third-order valence-electron chi connectivity index (χ3n) is 4.84. The lowest BCUT2D eigenvalue weighted by Gasteiger charge is -2.29. The number of carbonyl (C=O) groups excluding carboxylic acids is 1. The van der Waals surface area contributed by atoms with Crippen molar-refractivity contribution in [2.75, 3.05) is 18.1 Å². The number of carbonyl (C=O) groups is 1. The maximum absolute atomic E-state index is 13.3. The van der Waals surface area contributed by atoms with Crippen molar-refractivity contribution in [1.82, 2.24) is 4.90 Å². The SMILES string of the molecule is CCCOc1ccc(C(=O)N(Cc2ccc(Cl)cc2Cl)[C@@H]2CCS(=O)(=O)C2)cc1. The summed E-state index contributed by atoms with van der Waals surface area (Å²) in [6.45, 7) is 2.84. The summed E-state index contributed by atoms with van der Waals surface area (Å²) < 4.78 is 29.6. The van der Waals surface area contributed by atoms with Crippen LogP contribution in [-0.4, -0.2) is 43.4 Å². The number of hydrogen-bond donors (Lipinski definition) is 0. The molecule has 0 unspecified atom stereocenters. The normalized spacial score (nSPS) is 17.8. The summed E-state index contributed by atoms with van der Waals surface area (Å²) in [5, 5.41) is 0.946. The molecule has 1 atom stereocenters. The van der Waals surface area contributed by atoms with Crippen LogP contribution in [0.3, 0.4) is 0 Å². The first-order valence-electron chi connectivity index (χ1n) is 9.47. The van der Waals surface area contributed by atoms with Gasteiger partial charge >= 0.3 is 0 Å². The van der Waals surface area contributed by atoms with Gasteiger partial charge in [-0.1, -0.05) is 36.2 Å². The van der Waals surface area contributed by atoms with Gasteiger partial charge in [0.2, 0.25) is 0 Å². The molecule has 3 rings (SSSR count). The number of ether oxygens (including phenoxy) is 1. The predicted molar refractivity (Wildman–Crippen MR) is 116 cm³/mol. The molecule has 0 aromatic heterocycles. The first-order chi connectivity index (χ1) is 13.8. The van der Waals surface area contributed by atoms with E-state index in [-0.39, 0.29) is 24.0 Å². The summed E-state index contributed by atoms with van der Waals surface area (Å²) in [6, 6.07) is 11.6. The van der Waals surface area contributed by atoms with Gasteiger partial charge in [-0.2, -0.15) is 0 Å². The molecule has 1 heterocycles. The van der Waals surface area contributed by atoms with Gasteiger partial charge in [0, 0.05) is 28.2 Å². The molecule has 0 bridgehead atoms. The van der Waals surface area contributed by atoms with Crippen molar-refractivity contribution in [1.29, 1.82) is 0 Å². The van der Waals surface area contributed by atoms with Crippen LogP contribution in [0.15, 0.2) is 42.5 Å². The molecule has 0 saturated carbocycles. The van der Waals surface area contributed by atoms with E-state index in [1.165, 1.54) is 0 Å². The standard InChI is InChI=1S/C21H23Cl2NO4S/c1-2-10-28-19-7-4-15(5-8-19)21(25)24(18-9-11-29(26,27)14-18)13-16-3-6-17(22)12-20(16)23/h3-8,12,18H,2,9-11,13-14H2,1H3/t18-/m1/s1. The van der Waals surface area contributed by atoms with E-state index in [0.29, 0.717) is 34.4 Å². The first kappa shape index (κ1) is 21.9. The highest BCUT2D eigenvalue weighted by atomic mass is 35.5. The summed E-state index contributed by atoms with van der Waals surface area (Å²) in [7, 11) is -3.15. The minimum Gasteiger partial charge on any atom is -0.494 e. The topological polar surface area (TPSA) is 63.7 Å². The molecule has 0 N–H and O–H groups in total. The number of benzene rings is 2. The summed E-state index contributed by atoms with van der Waals surface area (Å²) in [4.78, 5) is 14.9. The maximum Gasteiger partial charge on any atom is 0.254 e. The van der Waals surface area contributed by atoms with E-state index in [4.69, 9.17) is 27.9 Å². The fourth-order valence-electron chi connectivity index (χ4n) is 3.30. The van der Waals surface area contributed by atoms with Crippen LogP contribution in [0.4, 0.5) is 0 Å². The molecule has 156 valence electrons. The zero-order chi connectivity index (χ0) is 21.0. The Morgan fingerprint density at radius 1 is 1.17 bits per heavy atom. The summed E-state index contributed by atoms with van der Waals surface area (Å²) in [6.07, 6.45) is 1.31. The van der Waals surface area contributed by atoms with Crippen LogP contribution in [0, 0.1) is 0 Å². The molecular weight excluding hydrogens is 433 g/mol. The fourth-order valence-corrected chi connectivity index (χ4v) is 5.50. The molecule has 1 amide bonds. The second kappa shape index (κ2) is 9.37. The van der Waals surface area contributed by atoms with Gasteiger partial charge in [-0.15, -0.1) is 0 Å². The molecule has 1 fully saturated rings. The molecule has 5 nitrogen and oxygen atoms in total. The third kappa shape index (κ3) is 5.65. The van der Waals surface area contributed by atoms with Gasteiger partial charge in [0.1, 0.15) is 5.75 Å². The van der Waals surface area contributed by atoms with Crippen LogP contribution in [-0.2, 0) is 16.4 Å². The molecule has 0 aliphatic carbocycles. The molecule has 0 radical (unpaired) electrons. The van der Waals surface area contributed by atoms with Crippen molar-refractivity contribution in [3.8, 4) is 5.75 Å². The highest BCUT2D eigenvalue weighted by Crippen LogP contribution is 2.27. The van der Waals surface area contributed by atoms with Crippen molar-refractivity contribution in [3.63, 3.8) is 0 Å². The largest absolute Gasteiger partial charge is 0.494 e. The highest BCUT2D eigenvalue weighted by molar-refractivity contribution is 7.91. The molecule has 1 aliphatic rings. The van der Waals surface area contributed by atoms with Gasteiger partial charge in [-0.05, 0) is 54.8 Å². The zero-order valence-corrected chi connectivity index (χ0v) is 18.4. The highest BCUT2D eigenvalue weighted by Gasteiger charge is 2.35. The van der Waals surface area contributed by atoms with Gasteiger partial charge in [0.15, 0.2) is 9.84 Å². The number of hydrogen-bond acceptors (Lipinski definition) is 4. The van der Waals surface area contributed by atoms with Gasteiger partial charge < -0.3 is 9.64 Å². The molecule has 8 heteroatoms. The van der Waals surface area contributed by atoms with Crippen LogP contribution >= 0.6 is 23.2 Å². The molecule has 0 spiro atoms. The molecule has 1 aliphatic heterocycles. The maximum atomic E-state index is 13.3. The average molecular weight is 456 g/mol. The van der Waals surface area contributed by atoms with Crippen LogP contribution in [0.25, 0.3) is 0 Å². The Balaban J connectivity index is 1.86. The predicted octanol–water partition coefficient (Wildman–Crippen LogP) is 4.61. The Hall–Kier alpha value is -1.76. The van der Waals surface area contributed by atoms with Crippen molar-refractivity contribution in [2.45, 2.75) is 32.4 Å². The van der Waals surface area contributed by atoms with E-state index in [2.05, 4.69) is 0 Å². The fraction of sp³-hybridized carbons (Fsp3) is 0.381. The minimum absolute atomic E-state index is 0.0400. The number of amides is 1. The molecule has 2 aromatic carbocycles. The van der Waals surface area contributed by atoms with E-state index in [0.717, 1.165) is 12.0 Å². The average Bonchev–Trinajstić information content (AvgIpc) is 3.05. The van der Waals surface area contributed by atoms with Crippen molar-refractivity contribution >= 4 is 38.9 Å². The van der Waals surface area contributed by atoms with E-state index < -0.39 is 15.9 Å². The van der Waals surface area contributed by atoms with Gasteiger partial charge in [0.05, 0.1) is 18.1 Å². The Bertz CT molecular complexity index is 977. The summed E-state index contributed by atoms with van der Waals surface area (Å²) >= 11 is 12.3. The summed E-state index contributed by atoms with van der Waals surface area (Å²) in [5.74, 6) is 0.501. The molecular formula is C21H23Cl2NO4S. The minimum atomic E-state index is -3.15. The second-order valence-electron chi connectivity index (χ2n) is 7.10. The van der Waals surface area contributed by atoms with Crippen LogP contribution in [0.5, 0.6) is 5.75 Å². The molecule has 29 heavy (non-hydrogen) atoms. The lowest BCUT2D eigenvalue weighted by molar-refractivity contribution is 0.0681. The van der Waals surface area contributed by atoms with Crippen molar-refractivity contribution in [2.24, 2.45) is 0 Å². The monoisotopic (exact) mass is 455 g/mol. The molecule has 1 saturated heterocycles. The van der Waals surface area contributed by atoms with Gasteiger partial charge in [0.25, 0.3) is 5.91 Å². The number of halogens is 2. The smallest absolute Gasteiger partial charge is 0.254 e. The van der Waals surface area contributed by atoms with Crippen LogP contribution < -0.4 is 4.74 Å².